The summed E-state index contributed by atoms with van der Waals surface area (Å²) >= 11 is 0. The van der Waals surface area contributed by atoms with Gasteiger partial charge in [0, 0.05) is 12.4 Å². The molecule has 2 nitrogen and oxygen atoms in total. The van der Waals surface area contributed by atoms with E-state index in [0.29, 0.717) is 6.54 Å². The first-order valence-electron chi connectivity index (χ1n) is 4.65. The molecule has 0 aliphatic carbocycles. The fraction of sp³-hybridized carbons (Fsp3) is 0.545. The first-order chi connectivity index (χ1) is 6.05. The third-order valence-corrected chi connectivity index (χ3v) is 2.37. The lowest BCUT2D eigenvalue weighted by Gasteiger charge is -2.22. The molecule has 0 aliphatic heterocycles. The highest BCUT2D eigenvalue weighted by Crippen LogP contribution is 2.21. The van der Waals surface area contributed by atoms with E-state index in [2.05, 4.69) is 25.8 Å². The lowest BCUT2D eigenvalue weighted by atomic mass is 9.85. The zero-order chi connectivity index (χ0) is 9.90. The zero-order valence-corrected chi connectivity index (χ0v) is 8.67. The lowest BCUT2D eigenvalue weighted by Crippen LogP contribution is -2.26. The Morgan fingerprint density at radius 3 is 2.69 bits per heavy atom. The summed E-state index contributed by atoms with van der Waals surface area (Å²) in [5.74, 6) is 0. The number of aryl methyl sites for hydroxylation is 1. The Morgan fingerprint density at radius 2 is 2.15 bits per heavy atom. The van der Waals surface area contributed by atoms with E-state index < -0.39 is 0 Å². The molecule has 13 heavy (non-hydrogen) atoms. The summed E-state index contributed by atoms with van der Waals surface area (Å²) in [5, 5.41) is 0. The van der Waals surface area contributed by atoms with Crippen LogP contribution in [0.1, 0.15) is 25.0 Å². The molecule has 0 amide bonds. The van der Waals surface area contributed by atoms with Crippen LogP contribution in [0.2, 0.25) is 0 Å². The highest BCUT2D eigenvalue weighted by molar-refractivity contribution is 5.22. The van der Waals surface area contributed by atoms with Gasteiger partial charge < -0.3 is 5.73 Å². The predicted molar refractivity (Wildman–Crippen MR) is 55.5 cm³/mol. The Hall–Kier alpha value is -0.890. The molecule has 2 N–H and O–H groups in total. The van der Waals surface area contributed by atoms with Crippen LogP contribution in [-0.2, 0) is 6.42 Å². The normalized spacial score (nSPS) is 11.7. The number of hydrogen-bond acceptors (Lipinski definition) is 2. The molecule has 1 aromatic heterocycles. The van der Waals surface area contributed by atoms with Gasteiger partial charge in [-0.1, -0.05) is 13.8 Å². The summed E-state index contributed by atoms with van der Waals surface area (Å²) in [4.78, 5) is 4.12. The maximum atomic E-state index is 5.68. The largest absolute Gasteiger partial charge is 0.330 e. The maximum absolute atomic E-state index is 5.68. The van der Waals surface area contributed by atoms with E-state index in [4.69, 9.17) is 5.73 Å². The third kappa shape index (κ3) is 2.81. The van der Waals surface area contributed by atoms with Gasteiger partial charge in [0.25, 0.3) is 0 Å². The van der Waals surface area contributed by atoms with Crippen molar-refractivity contribution in [3.8, 4) is 0 Å². The summed E-state index contributed by atoms with van der Waals surface area (Å²) in [5.41, 5.74) is 8.46. The van der Waals surface area contributed by atoms with Crippen molar-refractivity contribution in [2.45, 2.75) is 27.2 Å². The van der Waals surface area contributed by atoms with Crippen molar-refractivity contribution in [3.63, 3.8) is 0 Å². The number of nitrogens with zero attached hydrogens (tertiary/aromatic N) is 1. The van der Waals surface area contributed by atoms with Crippen LogP contribution in [0.5, 0.6) is 0 Å². The monoisotopic (exact) mass is 178 g/mol. The van der Waals surface area contributed by atoms with E-state index in [1.165, 1.54) is 11.1 Å². The summed E-state index contributed by atoms with van der Waals surface area (Å²) in [6.45, 7) is 7.18. The Morgan fingerprint density at radius 1 is 1.46 bits per heavy atom. The van der Waals surface area contributed by atoms with Crippen molar-refractivity contribution in [1.29, 1.82) is 0 Å². The Bertz CT molecular complexity index is 279. The summed E-state index contributed by atoms with van der Waals surface area (Å²) in [6.07, 6.45) is 4.77. The topological polar surface area (TPSA) is 38.9 Å². The second kappa shape index (κ2) is 3.88. The molecule has 0 atom stereocenters. The summed E-state index contributed by atoms with van der Waals surface area (Å²) < 4.78 is 0. The SMILES string of the molecule is Cc1ccncc1CC(C)(C)CN. The van der Waals surface area contributed by atoms with Crippen molar-refractivity contribution < 1.29 is 0 Å². The fourth-order valence-electron chi connectivity index (χ4n) is 1.27. The Balaban J connectivity index is 2.80. The summed E-state index contributed by atoms with van der Waals surface area (Å²) in [7, 11) is 0. The smallest absolute Gasteiger partial charge is 0.0302 e. The van der Waals surface area contributed by atoms with Crippen molar-refractivity contribution in [3.05, 3.63) is 29.6 Å². The van der Waals surface area contributed by atoms with Crippen molar-refractivity contribution in [2.75, 3.05) is 6.54 Å². The summed E-state index contributed by atoms with van der Waals surface area (Å²) in [6, 6.07) is 2.04. The molecule has 0 spiro atoms. The van der Waals surface area contributed by atoms with Gasteiger partial charge in [-0.2, -0.15) is 0 Å². The van der Waals surface area contributed by atoms with Crippen LogP contribution in [0.4, 0.5) is 0 Å². The molecule has 0 bridgehead atoms. The van der Waals surface area contributed by atoms with E-state index in [-0.39, 0.29) is 5.41 Å². The molecule has 1 heterocycles. The highest BCUT2D eigenvalue weighted by atomic mass is 14.6. The van der Waals surface area contributed by atoms with E-state index in [9.17, 15) is 0 Å². The Labute approximate surface area is 80.2 Å². The molecule has 2 heteroatoms. The number of pyridine rings is 1. The van der Waals surface area contributed by atoms with Crippen molar-refractivity contribution in [2.24, 2.45) is 11.1 Å². The number of aromatic nitrogens is 1. The average Bonchev–Trinajstić information content (AvgIpc) is 2.09. The molecule has 0 saturated carbocycles. The molecular weight excluding hydrogens is 160 g/mol. The van der Waals surface area contributed by atoms with Crippen LogP contribution in [0.3, 0.4) is 0 Å². The number of rotatable bonds is 3. The van der Waals surface area contributed by atoms with Crippen LogP contribution in [0, 0.1) is 12.3 Å². The zero-order valence-electron chi connectivity index (χ0n) is 8.67. The second-order valence-electron chi connectivity index (χ2n) is 4.35. The molecule has 0 aliphatic rings. The van der Waals surface area contributed by atoms with Crippen LogP contribution in [0.15, 0.2) is 18.5 Å². The lowest BCUT2D eigenvalue weighted by molar-refractivity contribution is 0.375. The molecule has 0 radical (unpaired) electrons. The van der Waals surface area contributed by atoms with Gasteiger partial charge in [0.15, 0.2) is 0 Å². The Kier molecular flexibility index (Phi) is 3.04. The molecule has 0 saturated heterocycles. The van der Waals surface area contributed by atoms with Gasteiger partial charge in [-0.3, -0.25) is 4.98 Å². The molecule has 1 rings (SSSR count). The molecule has 1 aromatic rings. The first kappa shape index (κ1) is 10.2. The van der Waals surface area contributed by atoms with E-state index in [0.717, 1.165) is 6.42 Å². The van der Waals surface area contributed by atoms with Gasteiger partial charge in [-0.15, -0.1) is 0 Å². The van der Waals surface area contributed by atoms with Crippen molar-refractivity contribution in [1.82, 2.24) is 4.98 Å². The first-order valence-corrected chi connectivity index (χ1v) is 4.65. The van der Waals surface area contributed by atoms with E-state index in [1.807, 2.05) is 18.5 Å². The molecular formula is C11H18N2. The average molecular weight is 178 g/mol. The van der Waals surface area contributed by atoms with Crippen LogP contribution in [0.25, 0.3) is 0 Å². The number of nitrogens with two attached hydrogens (primary N) is 1. The van der Waals surface area contributed by atoms with Crippen LogP contribution in [-0.4, -0.2) is 11.5 Å². The predicted octanol–water partition coefficient (Wildman–Crippen LogP) is 1.92. The van der Waals surface area contributed by atoms with Gasteiger partial charge in [-0.25, -0.2) is 0 Å². The van der Waals surface area contributed by atoms with Crippen LogP contribution < -0.4 is 5.73 Å². The van der Waals surface area contributed by atoms with E-state index >= 15 is 0 Å². The molecule has 0 fully saturated rings. The number of hydrogen-bond donors (Lipinski definition) is 1. The second-order valence-corrected chi connectivity index (χ2v) is 4.35. The van der Waals surface area contributed by atoms with Gasteiger partial charge in [0.05, 0.1) is 0 Å². The van der Waals surface area contributed by atoms with Gasteiger partial charge in [-0.05, 0) is 42.5 Å². The standard InChI is InChI=1S/C11H18N2/c1-9-4-5-13-7-10(9)6-11(2,3)8-12/h4-5,7H,6,8,12H2,1-3H3. The van der Waals surface area contributed by atoms with Crippen molar-refractivity contribution >= 4 is 0 Å². The van der Waals surface area contributed by atoms with Crippen LogP contribution >= 0.6 is 0 Å². The third-order valence-electron chi connectivity index (χ3n) is 2.37. The quantitative estimate of drug-likeness (QED) is 0.768. The van der Waals surface area contributed by atoms with Gasteiger partial charge in [0.2, 0.25) is 0 Å². The maximum Gasteiger partial charge on any atom is 0.0302 e. The fourth-order valence-corrected chi connectivity index (χ4v) is 1.27. The molecule has 72 valence electrons. The highest BCUT2D eigenvalue weighted by Gasteiger charge is 2.16. The minimum absolute atomic E-state index is 0.174. The van der Waals surface area contributed by atoms with E-state index in [1.54, 1.807) is 0 Å². The minimum Gasteiger partial charge on any atom is -0.330 e. The molecule has 0 unspecified atom stereocenters. The van der Waals surface area contributed by atoms with Gasteiger partial charge >= 0.3 is 0 Å². The molecule has 0 aromatic carbocycles. The minimum atomic E-state index is 0.174. The van der Waals surface area contributed by atoms with Gasteiger partial charge in [0.1, 0.15) is 0 Å².